The Kier molecular flexibility index (Phi) is 6.56. The SMILES string of the molecule is CN(Cc1nc(-c2ccc(Cl)cc2Cl)no1)C(=O)COc1ccc(I)cc1. The minimum absolute atomic E-state index is 0.0822. The molecule has 6 nitrogen and oxygen atoms in total. The van der Waals surface area contributed by atoms with Crippen molar-refractivity contribution in [1.29, 1.82) is 0 Å². The highest BCUT2D eigenvalue weighted by Gasteiger charge is 2.16. The lowest BCUT2D eigenvalue weighted by Crippen LogP contribution is -2.31. The van der Waals surface area contributed by atoms with Crippen LogP contribution in [0.15, 0.2) is 47.0 Å². The summed E-state index contributed by atoms with van der Waals surface area (Å²) >= 11 is 14.2. The third-order valence-corrected chi connectivity index (χ3v) is 4.88. The first-order chi connectivity index (χ1) is 12.9. The molecule has 0 spiro atoms. The Morgan fingerprint density at radius 2 is 1.96 bits per heavy atom. The number of nitrogens with zero attached hydrogens (tertiary/aromatic N) is 3. The summed E-state index contributed by atoms with van der Waals surface area (Å²) < 4.78 is 11.8. The van der Waals surface area contributed by atoms with Gasteiger partial charge in [-0.15, -0.1) is 0 Å². The largest absolute Gasteiger partial charge is 0.484 e. The minimum atomic E-state index is -0.210. The molecule has 1 aromatic heterocycles. The van der Waals surface area contributed by atoms with Crippen molar-refractivity contribution in [2.75, 3.05) is 13.7 Å². The summed E-state index contributed by atoms with van der Waals surface area (Å²) in [6.45, 7) is 0.0776. The third kappa shape index (κ3) is 5.33. The molecule has 0 aliphatic heterocycles. The van der Waals surface area contributed by atoms with Crippen LogP contribution in [0.2, 0.25) is 10.0 Å². The molecule has 0 unspecified atom stereocenters. The number of amides is 1. The Labute approximate surface area is 179 Å². The molecule has 3 rings (SSSR count). The summed E-state index contributed by atoms with van der Waals surface area (Å²) in [4.78, 5) is 18.0. The predicted octanol–water partition coefficient (Wildman–Crippen LogP) is 4.69. The number of benzene rings is 2. The van der Waals surface area contributed by atoms with Crippen LogP contribution in [0.3, 0.4) is 0 Å². The number of aromatic nitrogens is 2. The van der Waals surface area contributed by atoms with E-state index < -0.39 is 0 Å². The van der Waals surface area contributed by atoms with Crippen molar-refractivity contribution in [1.82, 2.24) is 15.0 Å². The molecule has 9 heteroatoms. The van der Waals surface area contributed by atoms with Gasteiger partial charge in [-0.2, -0.15) is 4.98 Å². The minimum Gasteiger partial charge on any atom is -0.484 e. The first-order valence-electron chi connectivity index (χ1n) is 7.82. The number of hydrogen-bond acceptors (Lipinski definition) is 5. The Morgan fingerprint density at radius 1 is 1.22 bits per heavy atom. The molecule has 0 radical (unpaired) electrons. The lowest BCUT2D eigenvalue weighted by Gasteiger charge is -2.15. The van der Waals surface area contributed by atoms with Gasteiger partial charge in [-0.3, -0.25) is 4.79 Å². The van der Waals surface area contributed by atoms with Gasteiger partial charge in [0.05, 0.1) is 11.6 Å². The van der Waals surface area contributed by atoms with Crippen LogP contribution in [0.4, 0.5) is 0 Å². The normalized spacial score (nSPS) is 10.7. The summed E-state index contributed by atoms with van der Waals surface area (Å²) in [5, 5.41) is 4.85. The first-order valence-corrected chi connectivity index (χ1v) is 9.66. The van der Waals surface area contributed by atoms with E-state index in [1.165, 1.54) is 4.90 Å². The average molecular weight is 518 g/mol. The van der Waals surface area contributed by atoms with Crippen molar-refractivity contribution < 1.29 is 14.1 Å². The summed E-state index contributed by atoms with van der Waals surface area (Å²) in [5.41, 5.74) is 0.604. The molecule has 0 atom stereocenters. The molecule has 1 heterocycles. The lowest BCUT2D eigenvalue weighted by atomic mass is 10.2. The van der Waals surface area contributed by atoms with Gasteiger partial charge in [0.2, 0.25) is 11.7 Å². The van der Waals surface area contributed by atoms with Crippen LogP contribution in [0, 0.1) is 3.57 Å². The molecule has 2 aromatic carbocycles. The molecule has 0 aliphatic rings. The van der Waals surface area contributed by atoms with Crippen LogP contribution >= 0.6 is 45.8 Å². The molecular formula is C18H14Cl2IN3O3. The van der Waals surface area contributed by atoms with E-state index in [9.17, 15) is 4.79 Å². The number of ether oxygens (including phenoxy) is 1. The van der Waals surface area contributed by atoms with Crippen molar-refractivity contribution in [3.8, 4) is 17.1 Å². The first kappa shape index (κ1) is 19.9. The van der Waals surface area contributed by atoms with E-state index in [1.54, 1.807) is 25.2 Å². The van der Waals surface area contributed by atoms with Gasteiger partial charge >= 0.3 is 0 Å². The third-order valence-electron chi connectivity index (χ3n) is 3.61. The molecule has 1 amide bonds. The van der Waals surface area contributed by atoms with E-state index in [2.05, 4.69) is 32.7 Å². The van der Waals surface area contributed by atoms with E-state index in [1.807, 2.05) is 24.3 Å². The monoisotopic (exact) mass is 517 g/mol. The van der Waals surface area contributed by atoms with Crippen molar-refractivity contribution in [3.63, 3.8) is 0 Å². The Morgan fingerprint density at radius 3 is 2.67 bits per heavy atom. The standard InChI is InChI=1S/C18H14Cl2IN3O3/c1-24(17(25)10-26-13-5-3-12(21)4-6-13)9-16-22-18(23-27-16)14-7-2-11(19)8-15(14)20/h2-8H,9-10H2,1H3. The average Bonchev–Trinajstić information content (AvgIpc) is 3.09. The molecule has 0 saturated heterocycles. The van der Waals surface area contributed by atoms with Gasteiger partial charge in [-0.1, -0.05) is 28.4 Å². The molecule has 3 aromatic rings. The van der Waals surface area contributed by atoms with Gasteiger partial charge in [-0.05, 0) is 65.1 Å². The molecule has 27 heavy (non-hydrogen) atoms. The summed E-state index contributed by atoms with van der Waals surface area (Å²) in [6.07, 6.45) is 0. The number of hydrogen-bond donors (Lipinski definition) is 0. The zero-order valence-electron chi connectivity index (χ0n) is 14.2. The van der Waals surface area contributed by atoms with Gasteiger partial charge < -0.3 is 14.2 Å². The van der Waals surface area contributed by atoms with Crippen molar-refractivity contribution in [3.05, 3.63) is 62.0 Å². The fourth-order valence-electron chi connectivity index (χ4n) is 2.18. The van der Waals surface area contributed by atoms with Crippen molar-refractivity contribution in [2.24, 2.45) is 0 Å². The highest BCUT2D eigenvalue weighted by molar-refractivity contribution is 14.1. The zero-order valence-corrected chi connectivity index (χ0v) is 17.8. The smallest absolute Gasteiger partial charge is 0.260 e. The second kappa shape index (κ2) is 8.90. The molecule has 140 valence electrons. The van der Waals surface area contributed by atoms with Crippen LogP contribution in [-0.4, -0.2) is 34.6 Å². The molecule has 0 aliphatic carbocycles. The fraction of sp³-hybridized carbons (Fsp3) is 0.167. The zero-order chi connectivity index (χ0) is 19.4. The van der Waals surface area contributed by atoms with Crippen LogP contribution < -0.4 is 4.74 Å². The quantitative estimate of drug-likeness (QED) is 0.444. The molecular weight excluding hydrogens is 504 g/mol. The van der Waals surface area contributed by atoms with Gasteiger partial charge in [0.25, 0.3) is 5.91 Å². The highest BCUT2D eigenvalue weighted by atomic mass is 127. The number of rotatable bonds is 6. The molecule has 0 fully saturated rings. The van der Waals surface area contributed by atoms with Crippen molar-refractivity contribution >= 4 is 51.7 Å². The maximum atomic E-state index is 12.2. The second-order valence-electron chi connectivity index (χ2n) is 5.63. The van der Waals surface area contributed by atoms with E-state index in [-0.39, 0.29) is 19.1 Å². The van der Waals surface area contributed by atoms with Gasteiger partial charge in [0.1, 0.15) is 5.75 Å². The maximum Gasteiger partial charge on any atom is 0.260 e. The summed E-state index contributed by atoms with van der Waals surface area (Å²) in [5.74, 6) is 1.05. The molecule has 0 bridgehead atoms. The van der Waals surface area contributed by atoms with E-state index >= 15 is 0 Å². The Bertz CT molecular complexity index is 947. The van der Waals surface area contributed by atoms with E-state index in [0.29, 0.717) is 33.1 Å². The number of carbonyl (C=O) groups is 1. The predicted molar refractivity (Wildman–Crippen MR) is 111 cm³/mol. The van der Waals surface area contributed by atoms with Gasteiger partial charge in [-0.25, -0.2) is 0 Å². The summed E-state index contributed by atoms with van der Waals surface area (Å²) in [6, 6.07) is 12.5. The number of halogens is 3. The fourth-order valence-corrected chi connectivity index (χ4v) is 3.03. The lowest BCUT2D eigenvalue weighted by molar-refractivity contribution is -0.132. The summed E-state index contributed by atoms with van der Waals surface area (Å²) in [7, 11) is 1.64. The topological polar surface area (TPSA) is 68.5 Å². The van der Waals surface area contributed by atoms with Crippen LogP contribution in [0.1, 0.15) is 5.89 Å². The number of likely N-dealkylation sites (N-methyl/N-ethyl adjacent to an activating group) is 1. The van der Waals surface area contributed by atoms with Crippen LogP contribution in [-0.2, 0) is 11.3 Å². The van der Waals surface area contributed by atoms with Crippen molar-refractivity contribution in [2.45, 2.75) is 6.54 Å². The Balaban J connectivity index is 1.59. The highest BCUT2D eigenvalue weighted by Crippen LogP contribution is 2.28. The maximum absolute atomic E-state index is 12.2. The number of carbonyl (C=O) groups excluding carboxylic acids is 1. The molecule has 0 N–H and O–H groups in total. The molecule has 0 saturated carbocycles. The van der Waals surface area contributed by atoms with E-state index in [4.69, 9.17) is 32.5 Å². The van der Waals surface area contributed by atoms with Crippen LogP contribution in [0.25, 0.3) is 11.4 Å². The second-order valence-corrected chi connectivity index (χ2v) is 7.72. The van der Waals surface area contributed by atoms with Gasteiger partial charge in [0, 0.05) is 21.2 Å². The van der Waals surface area contributed by atoms with Gasteiger partial charge in [0.15, 0.2) is 6.61 Å². The van der Waals surface area contributed by atoms with E-state index in [0.717, 1.165) is 3.57 Å². The Hall–Kier alpha value is -1.84. The van der Waals surface area contributed by atoms with Crippen LogP contribution in [0.5, 0.6) is 5.75 Å².